The number of hydrogen-bond acceptors (Lipinski definition) is 11. The summed E-state index contributed by atoms with van der Waals surface area (Å²) in [6.45, 7) is 1.05. The quantitative estimate of drug-likeness (QED) is 0.181. The monoisotopic (exact) mass is 627 g/mol. The maximum Gasteiger partial charge on any atom is 0.167 e. The molecule has 0 bridgehead atoms. The molecule has 12 nitrogen and oxygen atoms in total. The highest BCUT2D eigenvalue weighted by atomic mass is 16.6. The molecule has 12 heteroatoms. The maximum absolute atomic E-state index is 11.3. The number of aliphatic hydroxyl groups is 1. The third-order valence-corrected chi connectivity index (χ3v) is 8.04. The Morgan fingerprint density at radius 3 is 2.48 bits per heavy atom. The summed E-state index contributed by atoms with van der Waals surface area (Å²) in [5, 5.41) is 11.3. The van der Waals surface area contributed by atoms with Crippen molar-refractivity contribution in [1.82, 2.24) is 19.5 Å². The molecule has 46 heavy (non-hydrogen) atoms. The van der Waals surface area contributed by atoms with Gasteiger partial charge < -0.3 is 39.3 Å². The number of ether oxygens (including phenoxy) is 6. The summed E-state index contributed by atoms with van der Waals surface area (Å²) in [6, 6.07) is 22.1. The molecule has 2 aromatic heterocycles. The number of fused-ring (bicyclic) bond motifs is 1. The van der Waals surface area contributed by atoms with Crippen molar-refractivity contribution in [2.45, 2.75) is 31.1 Å². The Kier molecular flexibility index (Phi) is 9.71. The number of imidazole rings is 1. The fraction of sp³-hybridized carbons (Fsp3) is 0.324. The Balaban J connectivity index is 1.20. The molecule has 1 saturated heterocycles. The highest BCUT2D eigenvalue weighted by Crippen LogP contribution is 2.37. The number of aliphatic hydroxyl groups excluding tert-OH is 1. The normalized spacial score (nSPS) is 19.5. The van der Waals surface area contributed by atoms with Gasteiger partial charge >= 0.3 is 0 Å². The van der Waals surface area contributed by atoms with E-state index in [0.717, 1.165) is 39.3 Å². The molecule has 1 aliphatic heterocycles. The molecule has 5 aromatic rings. The summed E-state index contributed by atoms with van der Waals surface area (Å²) in [5.41, 5.74) is 11.9. The summed E-state index contributed by atoms with van der Waals surface area (Å²) in [7, 11) is 4.90. The van der Waals surface area contributed by atoms with E-state index in [0.29, 0.717) is 24.4 Å². The van der Waals surface area contributed by atoms with E-state index < -0.39 is 24.5 Å². The van der Waals surface area contributed by atoms with E-state index in [1.165, 1.54) is 6.33 Å². The largest absolute Gasteiger partial charge is 0.497 e. The first kappa shape index (κ1) is 31.4. The predicted molar refractivity (Wildman–Crippen MR) is 171 cm³/mol. The average Bonchev–Trinajstić information content (AvgIpc) is 3.66. The van der Waals surface area contributed by atoms with Crippen LogP contribution in [0.2, 0.25) is 0 Å². The van der Waals surface area contributed by atoms with E-state index >= 15 is 0 Å². The highest BCUT2D eigenvalue weighted by Gasteiger charge is 2.46. The number of nitrogens with zero attached hydrogens (tertiary/aromatic N) is 4. The first-order valence-electron chi connectivity index (χ1n) is 14.9. The van der Waals surface area contributed by atoms with E-state index in [9.17, 15) is 5.11 Å². The molecule has 0 spiro atoms. The van der Waals surface area contributed by atoms with Gasteiger partial charge in [-0.2, -0.15) is 0 Å². The van der Waals surface area contributed by atoms with Gasteiger partial charge in [-0.3, -0.25) is 4.57 Å². The minimum absolute atomic E-state index is 0.125. The van der Waals surface area contributed by atoms with E-state index in [4.69, 9.17) is 34.2 Å². The predicted octanol–water partition coefficient (Wildman–Crippen LogP) is 4.27. The van der Waals surface area contributed by atoms with Crippen molar-refractivity contribution in [3.63, 3.8) is 0 Å². The maximum atomic E-state index is 11.3. The number of methoxy groups -OCH3 is 3. The minimum atomic E-state index is -0.984. The number of benzene rings is 3. The topological polar surface area (TPSA) is 145 Å². The van der Waals surface area contributed by atoms with Gasteiger partial charge in [0.1, 0.15) is 41.7 Å². The molecule has 0 saturated carbocycles. The average molecular weight is 628 g/mol. The first-order chi connectivity index (χ1) is 22.5. The van der Waals surface area contributed by atoms with Gasteiger partial charge in [0.15, 0.2) is 17.7 Å². The Morgan fingerprint density at radius 1 is 0.891 bits per heavy atom. The molecule has 3 aromatic carbocycles. The number of aromatic nitrogens is 4. The third kappa shape index (κ3) is 6.39. The summed E-state index contributed by atoms with van der Waals surface area (Å²) < 4.78 is 36.4. The van der Waals surface area contributed by atoms with Crippen LogP contribution < -0.4 is 15.2 Å². The van der Waals surface area contributed by atoms with Gasteiger partial charge in [0.2, 0.25) is 0 Å². The number of hydrogen-bond donors (Lipinski definition) is 2. The lowest BCUT2D eigenvalue weighted by Crippen LogP contribution is -2.36. The molecule has 0 radical (unpaired) electrons. The van der Waals surface area contributed by atoms with Crippen LogP contribution in [0.3, 0.4) is 0 Å². The van der Waals surface area contributed by atoms with Gasteiger partial charge in [-0.25, -0.2) is 15.0 Å². The Morgan fingerprint density at radius 2 is 1.70 bits per heavy atom. The smallest absolute Gasteiger partial charge is 0.167 e. The van der Waals surface area contributed by atoms with Crippen molar-refractivity contribution in [1.29, 1.82) is 0 Å². The van der Waals surface area contributed by atoms with Crippen LogP contribution in [0.15, 0.2) is 79.4 Å². The summed E-state index contributed by atoms with van der Waals surface area (Å²) in [4.78, 5) is 12.7. The highest BCUT2D eigenvalue weighted by molar-refractivity contribution is 5.81. The number of nitrogen functional groups attached to an aromatic ring is 1. The van der Waals surface area contributed by atoms with Crippen LogP contribution >= 0.6 is 0 Å². The van der Waals surface area contributed by atoms with Crippen LogP contribution in [0.4, 0.5) is 5.82 Å². The molecule has 0 aliphatic carbocycles. The van der Waals surface area contributed by atoms with E-state index in [2.05, 4.69) is 27.1 Å². The van der Waals surface area contributed by atoms with Gasteiger partial charge in [-0.15, -0.1) is 0 Å². The second kappa shape index (κ2) is 14.2. The second-order valence-electron chi connectivity index (χ2n) is 10.8. The summed E-state index contributed by atoms with van der Waals surface area (Å²) in [6.07, 6.45) is -0.175. The lowest BCUT2D eigenvalue weighted by Gasteiger charge is -2.22. The zero-order chi connectivity index (χ0) is 32.0. The standard InChI is InChI=1S/C34H37N5O7/c1-41-14-15-45-31-30(40)28(46-34(31)39-20-38-29-32(35)36-19-37-33(29)39)18-44-17-23-6-4-5-7-25(23)22-10-13-27(43-3)26(16-22)21-8-11-24(42-2)12-9-21/h4-13,16,19-20,28,30-31,34,40H,14-15,17-18H2,1-3H3,(H2,35,36,37)/t28-,30-,31-,34-/m1/s1. The molecule has 0 amide bonds. The Bertz CT molecular complexity index is 1760. The second-order valence-corrected chi connectivity index (χ2v) is 10.8. The van der Waals surface area contributed by atoms with Crippen molar-refractivity contribution >= 4 is 17.0 Å². The molecule has 3 N–H and O–H groups in total. The van der Waals surface area contributed by atoms with Crippen molar-refractivity contribution in [2.24, 2.45) is 0 Å². The van der Waals surface area contributed by atoms with Gasteiger partial charge in [0, 0.05) is 12.7 Å². The van der Waals surface area contributed by atoms with E-state index in [1.807, 2.05) is 54.6 Å². The molecular formula is C34H37N5O7. The van der Waals surface area contributed by atoms with Crippen LogP contribution in [0.1, 0.15) is 11.8 Å². The van der Waals surface area contributed by atoms with Crippen molar-refractivity contribution in [3.05, 3.63) is 84.9 Å². The van der Waals surface area contributed by atoms with Crippen molar-refractivity contribution in [2.75, 3.05) is 46.9 Å². The number of anilines is 1. The molecule has 0 unspecified atom stereocenters. The Hall–Kier alpha value is -4.59. The summed E-state index contributed by atoms with van der Waals surface area (Å²) in [5.74, 6) is 1.81. The molecule has 4 atom stereocenters. The fourth-order valence-corrected chi connectivity index (χ4v) is 5.67. The summed E-state index contributed by atoms with van der Waals surface area (Å²) >= 11 is 0. The van der Waals surface area contributed by atoms with Crippen LogP contribution in [0, 0.1) is 0 Å². The van der Waals surface area contributed by atoms with Gasteiger partial charge in [-0.05, 0) is 46.5 Å². The van der Waals surface area contributed by atoms with E-state index in [-0.39, 0.29) is 19.0 Å². The van der Waals surface area contributed by atoms with Crippen LogP contribution in [-0.4, -0.2) is 84.1 Å². The van der Waals surface area contributed by atoms with E-state index in [1.54, 1.807) is 32.2 Å². The van der Waals surface area contributed by atoms with Gasteiger partial charge in [-0.1, -0.05) is 42.5 Å². The lowest BCUT2D eigenvalue weighted by atomic mass is 9.95. The molecular weight excluding hydrogens is 590 g/mol. The molecule has 1 fully saturated rings. The van der Waals surface area contributed by atoms with Crippen molar-refractivity contribution in [3.8, 4) is 33.8 Å². The fourth-order valence-electron chi connectivity index (χ4n) is 5.67. The first-order valence-corrected chi connectivity index (χ1v) is 14.9. The number of rotatable bonds is 13. The molecule has 240 valence electrons. The van der Waals surface area contributed by atoms with Crippen LogP contribution in [0.25, 0.3) is 33.4 Å². The third-order valence-electron chi connectivity index (χ3n) is 8.04. The van der Waals surface area contributed by atoms with Gasteiger partial charge in [0.25, 0.3) is 0 Å². The molecule has 3 heterocycles. The van der Waals surface area contributed by atoms with Crippen LogP contribution in [-0.2, 0) is 25.6 Å². The molecule has 6 rings (SSSR count). The molecule has 1 aliphatic rings. The lowest BCUT2D eigenvalue weighted by molar-refractivity contribution is -0.0823. The SMILES string of the molecule is COCCO[C@@H]1[C@H](O)[C@@H](COCc2ccccc2-c2ccc(OC)c(-c3ccc(OC)cc3)c2)O[C@H]1n1cnc2c(N)ncnc21. The Labute approximate surface area is 266 Å². The van der Waals surface area contributed by atoms with Gasteiger partial charge in [0.05, 0.1) is 47.0 Å². The zero-order valence-corrected chi connectivity index (χ0v) is 25.9. The number of nitrogens with two attached hydrogens (primary N) is 1. The zero-order valence-electron chi connectivity index (χ0n) is 25.9. The minimum Gasteiger partial charge on any atom is -0.497 e. The van der Waals surface area contributed by atoms with Crippen molar-refractivity contribution < 1.29 is 33.5 Å². The van der Waals surface area contributed by atoms with Crippen LogP contribution in [0.5, 0.6) is 11.5 Å².